The quantitative estimate of drug-likeness (QED) is 0.726. The van der Waals surface area contributed by atoms with E-state index in [-0.39, 0.29) is 0 Å². The lowest BCUT2D eigenvalue weighted by molar-refractivity contribution is 1.43. The number of anilines is 2. The number of rotatable bonds is 2. The minimum atomic E-state index is 0.771. The van der Waals surface area contributed by atoms with E-state index in [1.807, 2.05) is 55.0 Å². The zero-order chi connectivity index (χ0) is 10.7. The summed E-state index contributed by atoms with van der Waals surface area (Å²) in [7, 11) is 0. The van der Waals surface area contributed by atoms with E-state index in [4.69, 9.17) is 11.5 Å². The van der Waals surface area contributed by atoms with Gasteiger partial charge in [0, 0.05) is 17.8 Å². The summed E-state index contributed by atoms with van der Waals surface area (Å²) in [5.41, 5.74) is 15.1. The summed E-state index contributed by atoms with van der Waals surface area (Å²) in [5, 5.41) is 0. The molecule has 0 bridgehead atoms. The van der Waals surface area contributed by atoms with Gasteiger partial charge in [-0.05, 0) is 35.4 Å². The van der Waals surface area contributed by atoms with Crippen LogP contribution in [0.4, 0.5) is 11.4 Å². The zero-order valence-electron chi connectivity index (χ0n) is 8.35. The van der Waals surface area contributed by atoms with Crippen molar-refractivity contribution in [2.45, 2.75) is 0 Å². The molecule has 0 saturated carbocycles. The van der Waals surface area contributed by atoms with E-state index in [1.54, 1.807) is 0 Å². The van der Waals surface area contributed by atoms with Gasteiger partial charge in [-0.15, -0.1) is 0 Å². The lowest BCUT2D eigenvalue weighted by atomic mass is 10.0. The minimum Gasteiger partial charge on any atom is -0.399 e. The first-order valence-electron chi connectivity index (χ1n) is 4.80. The van der Waals surface area contributed by atoms with Gasteiger partial charge in [0.25, 0.3) is 0 Å². The van der Waals surface area contributed by atoms with Gasteiger partial charge in [-0.1, -0.05) is 24.3 Å². The van der Waals surface area contributed by atoms with Crippen LogP contribution in [0.5, 0.6) is 0 Å². The van der Waals surface area contributed by atoms with E-state index in [0.717, 1.165) is 22.5 Å². The fraction of sp³-hybridized carbons (Fsp3) is 0. The third kappa shape index (κ3) is 2.50. The third-order valence-electron chi connectivity index (χ3n) is 2.15. The van der Waals surface area contributed by atoms with Gasteiger partial charge in [-0.2, -0.15) is 0 Å². The fourth-order valence-corrected chi connectivity index (χ4v) is 1.49. The van der Waals surface area contributed by atoms with Gasteiger partial charge in [0.15, 0.2) is 0 Å². The summed E-state index contributed by atoms with van der Waals surface area (Å²) in [6.07, 6.45) is 2.05. The fourth-order valence-electron chi connectivity index (χ4n) is 1.49. The average molecular weight is 197 g/mol. The van der Waals surface area contributed by atoms with E-state index in [2.05, 4.69) is 0 Å². The van der Waals surface area contributed by atoms with Crippen molar-refractivity contribution in [1.29, 1.82) is 0 Å². The van der Waals surface area contributed by atoms with Crippen LogP contribution < -0.4 is 11.5 Å². The zero-order valence-corrected chi connectivity index (χ0v) is 8.35. The maximum absolute atomic E-state index is 5.70. The Hall–Kier alpha value is -1.96. The van der Waals surface area contributed by atoms with Crippen LogP contribution >= 0.6 is 0 Å². The Kier molecular flexibility index (Phi) is 2.59. The predicted octanol–water partition coefficient (Wildman–Crippen LogP) is 2.45. The number of hydrogen-bond acceptors (Lipinski definition) is 2. The first-order valence-corrected chi connectivity index (χ1v) is 4.80. The molecule has 2 aromatic rings. The second-order valence-corrected chi connectivity index (χ2v) is 3.48. The molecule has 0 saturated heterocycles. The van der Waals surface area contributed by atoms with Gasteiger partial charge in [0.2, 0.25) is 0 Å². The second kappa shape index (κ2) is 4.05. The van der Waals surface area contributed by atoms with Crippen LogP contribution in [0, 0.1) is 6.42 Å². The van der Waals surface area contributed by atoms with Gasteiger partial charge in [0.1, 0.15) is 0 Å². The van der Waals surface area contributed by atoms with Crippen LogP contribution in [0.1, 0.15) is 11.1 Å². The summed E-state index contributed by atoms with van der Waals surface area (Å²) in [6.45, 7) is 0. The molecule has 0 aliphatic carbocycles. The number of nitrogen functional groups attached to an aromatic ring is 2. The normalized spacial score (nSPS) is 10.1. The molecule has 0 aliphatic heterocycles. The molecule has 0 unspecified atom stereocenters. The van der Waals surface area contributed by atoms with E-state index >= 15 is 0 Å². The van der Waals surface area contributed by atoms with Crippen LogP contribution in [-0.2, 0) is 0 Å². The summed E-state index contributed by atoms with van der Waals surface area (Å²) in [5.74, 6) is 0. The average Bonchev–Trinajstić information content (AvgIpc) is 2.17. The van der Waals surface area contributed by atoms with Crippen LogP contribution in [0.25, 0.3) is 0 Å². The van der Waals surface area contributed by atoms with E-state index in [1.165, 1.54) is 0 Å². The molecule has 0 amide bonds. The Labute approximate surface area is 89.5 Å². The lowest BCUT2D eigenvalue weighted by Crippen LogP contribution is -1.90. The highest BCUT2D eigenvalue weighted by atomic mass is 14.5. The standard InChI is InChI=1S/C13H13N2/c14-12-5-1-3-10(8-12)7-11-4-2-6-13(15)9-11/h1-9H,14-15H2. The molecule has 2 nitrogen and oxygen atoms in total. The molecule has 0 spiro atoms. The summed E-state index contributed by atoms with van der Waals surface area (Å²) in [6, 6.07) is 15.5. The van der Waals surface area contributed by atoms with Gasteiger partial charge in [0.05, 0.1) is 0 Å². The van der Waals surface area contributed by atoms with E-state index in [0.29, 0.717) is 0 Å². The molecule has 0 atom stereocenters. The van der Waals surface area contributed by atoms with Crippen molar-refractivity contribution < 1.29 is 0 Å². The highest BCUT2D eigenvalue weighted by Crippen LogP contribution is 2.16. The van der Waals surface area contributed by atoms with Gasteiger partial charge >= 0.3 is 0 Å². The molecule has 4 N–H and O–H groups in total. The van der Waals surface area contributed by atoms with E-state index < -0.39 is 0 Å². The molecule has 1 radical (unpaired) electrons. The van der Waals surface area contributed by atoms with Crippen LogP contribution in [0.3, 0.4) is 0 Å². The first kappa shape index (κ1) is 9.59. The minimum absolute atomic E-state index is 0.771. The topological polar surface area (TPSA) is 52.0 Å². The molecule has 0 aliphatic rings. The van der Waals surface area contributed by atoms with Crippen LogP contribution in [0.2, 0.25) is 0 Å². The number of benzene rings is 2. The molecule has 2 heteroatoms. The van der Waals surface area contributed by atoms with Crippen molar-refractivity contribution in [3.63, 3.8) is 0 Å². The Morgan fingerprint density at radius 2 is 1.20 bits per heavy atom. The Morgan fingerprint density at radius 3 is 1.60 bits per heavy atom. The molecule has 2 aromatic carbocycles. The highest BCUT2D eigenvalue weighted by molar-refractivity contribution is 5.50. The third-order valence-corrected chi connectivity index (χ3v) is 2.15. The van der Waals surface area contributed by atoms with Gasteiger partial charge in [-0.3, -0.25) is 0 Å². The van der Waals surface area contributed by atoms with Crippen molar-refractivity contribution in [2.75, 3.05) is 11.5 Å². The van der Waals surface area contributed by atoms with Crippen molar-refractivity contribution >= 4 is 11.4 Å². The first-order chi connectivity index (χ1) is 7.24. The smallest absolute Gasteiger partial charge is 0.0316 e. The Bertz CT molecular complexity index is 420. The number of hydrogen-bond donors (Lipinski definition) is 2. The van der Waals surface area contributed by atoms with Gasteiger partial charge < -0.3 is 11.5 Å². The summed E-state index contributed by atoms with van der Waals surface area (Å²) < 4.78 is 0. The predicted molar refractivity (Wildman–Crippen MR) is 64.2 cm³/mol. The highest BCUT2D eigenvalue weighted by Gasteiger charge is 1.97. The molecule has 0 aromatic heterocycles. The molecule has 15 heavy (non-hydrogen) atoms. The number of nitrogens with two attached hydrogens (primary N) is 2. The van der Waals surface area contributed by atoms with Crippen molar-refractivity contribution in [3.8, 4) is 0 Å². The second-order valence-electron chi connectivity index (χ2n) is 3.48. The van der Waals surface area contributed by atoms with Crippen molar-refractivity contribution in [2.24, 2.45) is 0 Å². The molecular formula is C13H13N2. The Morgan fingerprint density at radius 1 is 0.733 bits per heavy atom. The molecule has 75 valence electrons. The van der Waals surface area contributed by atoms with Gasteiger partial charge in [-0.25, -0.2) is 0 Å². The molecule has 0 heterocycles. The maximum atomic E-state index is 5.70. The SMILES string of the molecule is Nc1cccc([CH]c2cccc(N)c2)c1. The van der Waals surface area contributed by atoms with Crippen molar-refractivity contribution in [3.05, 3.63) is 66.1 Å². The molecular weight excluding hydrogens is 184 g/mol. The lowest BCUT2D eigenvalue weighted by Gasteiger charge is -2.03. The van der Waals surface area contributed by atoms with E-state index in [9.17, 15) is 0 Å². The monoisotopic (exact) mass is 197 g/mol. The van der Waals surface area contributed by atoms with Crippen molar-refractivity contribution in [1.82, 2.24) is 0 Å². The van der Waals surface area contributed by atoms with Crippen LogP contribution in [0.15, 0.2) is 48.5 Å². The van der Waals surface area contributed by atoms with Crippen LogP contribution in [-0.4, -0.2) is 0 Å². The largest absolute Gasteiger partial charge is 0.399 e. The molecule has 2 rings (SSSR count). The Balaban J connectivity index is 2.22. The summed E-state index contributed by atoms with van der Waals surface area (Å²) >= 11 is 0. The summed E-state index contributed by atoms with van der Waals surface area (Å²) in [4.78, 5) is 0. The molecule has 0 fully saturated rings. The maximum Gasteiger partial charge on any atom is 0.0316 e.